The van der Waals surface area contributed by atoms with Crippen LogP contribution in [0.3, 0.4) is 0 Å². The maximum atomic E-state index is 13.3. The number of nitrogens with zero attached hydrogens (tertiary/aromatic N) is 1. The first-order chi connectivity index (χ1) is 9.47. The van der Waals surface area contributed by atoms with Gasteiger partial charge in [-0.25, -0.2) is 4.39 Å². The molecule has 1 fully saturated rings. The van der Waals surface area contributed by atoms with Crippen molar-refractivity contribution in [3.05, 3.63) is 39.7 Å². The summed E-state index contributed by atoms with van der Waals surface area (Å²) in [7, 11) is 0. The van der Waals surface area contributed by atoms with Gasteiger partial charge in [-0.05, 0) is 18.9 Å². The molecular weight excluding hydrogens is 267 g/mol. The first-order valence-electron chi connectivity index (χ1n) is 6.41. The van der Waals surface area contributed by atoms with Crippen LogP contribution < -0.4 is 5.32 Å². The van der Waals surface area contributed by atoms with Gasteiger partial charge in [-0.1, -0.05) is 12.8 Å². The zero-order chi connectivity index (χ0) is 14.7. The number of aliphatic hydroxyl groups is 1. The van der Waals surface area contributed by atoms with E-state index in [0.717, 1.165) is 31.0 Å². The number of carbonyl (C=O) groups is 1. The average Bonchev–Trinajstić information content (AvgIpc) is 2.40. The first kappa shape index (κ1) is 14.4. The Kier molecular flexibility index (Phi) is 4.29. The van der Waals surface area contributed by atoms with E-state index in [1.54, 1.807) is 0 Å². The number of nitro benzene ring substituents is 1. The number of non-ortho nitro benzene ring substituents is 1. The number of benzene rings is 1. The maximum absolute atomic E-state index is 13.3. The highest BCUT2D eigenvalue weighted by molar-refractivity contribution is 5.95. The second-order valence-electron chi connectivity index (χ2n) is 4.89. The molecule has 0 saturated heterocycles. The standard InChI is InChI=1S/C13H15FN2O4/c14-9-5-8(6-10(7-9)16(19)20)13(18)15-11-3-1-2-4-12(11)17/h5-7,11-12,17H,1-4H2,(H,15,18)/t11-,12-/m1/s1. The fraction of sp³-hybridized carbons (Fsp3) is 0.462. The molecule has 1 aliphatic rings. The van der Waals surface area contributed by atoms with Gasteiger partial charge in [-0.3, -0.25) is 14.9 Å². The summed E-state index contributed by atoms with van der Waals surface area (Å²) in [6, 6.07) is 2.33. The number of hydrogen-bond donors (Lipinski definition) is 2. The van der Waals surface area contributed by atoms with Gasteiger partial charge in [0, 0.05) is 11.6 Å². The van der Waals surface area contributed by atoms with Crippen molar-refractivity contribution in [2.75, 3.05) is 0 Å². The number of amides is 1. The number of nitrogens with one attached hydrogen (secondary N) is 1. The van der Waals surface area contributed by atoms with Gasteiger partial charge in [0.2, 0.25) is 0 Å². The lowest BCUT2D eigenvalue weighted by molar-refractivity contribution is -0.385. The van der Waals surface area contributed by atoms with E-state index in [9.17, 15) is 24.4 Å². The normalized spacial score (nSPS) is 22.3. The van der Waals surface area contributed by atoms with E-state index in [-0.39, 0.29) is 5.56 Å². The molecule has 6 nitrogen and oxygen atoms in total. The SMILES string of the molecule is O=C(N[C@@H]1CCCC[C@H]1O)c1cc(F)cc([N+](=O)[O-])c1. The molecule has 0 radical (unpaired) electrons. The highest BCUT2D eigenvalue weighted by atomic mass is 19.1. The quantitative estimate of drug-likeness (QED) is 0.652. The lowest BCUT2D eigenvalue weighted by Gasteiger charge is -2.28. The Morgan fingerprint density at radius 1 is 1.35 bits per heavy atom. The van der Waals surface area contributed by atoms with Crippen LogP contribution in [0.4, 0.5) is 10.1 Å². The molecule has 0 aromatic heterocycles. The summed E-state index contributed by atoms with van der Waals surface area (Å²) >= 11 is 0. The minimum absolute atomic E-state index is 0.116. The van der Waals surface area contributed by atoms with Crippen LogP contribution in [0.1, 0.15) is 36.0 Å². The number of aliphatic hydroxyl groups excluding tert-OH is 1. The molecular formula is C13H15FN2O4. The van der Waals surface area contributed by atoms with Crippen LogP contribution in [0.25, 0.3) is 0 Å². The Labute approximate surface area is 114 Å². The summed E-state index contributed by atoms with van der Waals surface area (Å²) in [6.45, 7) is 0. The monoisotopic (exact) mass is 282 g/mol. The van der Waals surface area contributed by atoms with Crippen molar-refractivity contribution in [3.8, 4) is 0 Å². The van der Waals surface area contributed by atoms with E-state index >= 15 is 0 Å². The Morgan fingerprint density at radius 2 is 2.05 bits per heavy atom. The molecule has 1 aromatic carbocycles. The summed E-state index contributed by atoms with van der Waals surface area (Å²) in [5.41, 5.74) is -0.589. The molecule has 0 bridgehead atoms. The van der Waals surface area contributed by atoms with Gasteiger partial charge in [0.1, 0.15) is 5.82 Å². The van der Waals surface area contributed by atoms with E-state index in [0.29, 0.717) is 12.8 Å². The van der Waals surface area contributed by atoms with E-state index in [1.807, 2.05) is 0 Å². The van der Waals surface area contributed by atoms with E-state index < -0.39 is 34.5 Å². The molecule has 2 atom stereocenters. The average molecular weight is 282 g/mol. The van der Waals surface area contributed by atoms with Crippen LogP contribution in [0.5, 0.6) is 0 Å². The number of nitro groups is 1. The Bertz CT molecular complexity index is 535. The molecule has 20 heavy (non-hydrogen) atoms. The topological polar surface area (TPSA) is 92.5 Å². The van der Waals surface area contributed by atoms with Crippen molar-refractivity contribution in [1.29, 1.82) is 0 Å². The molecule has 1 saturated carbocycles. The van der Waals surface area contributed by atoms with Crippen molar-refractivity contribution < 1.29 is 19.2 Å². The second-order valence-corrected chi connectivity index (χ2v) is 4.89. The maximum Gasteiger partial charge on any atom is 0.273 e. The first-order valence-corrected chi connectivity index (χ1v) is 6.41. The lowest BCUT2D eigenvalue weighted by Crippen LogP contribution is -2.45. The summed E-state index contributed by atoms with van der Waals surface area (Å²) < 4.78 is 13.3. The smallest absolute Gasteiger partial charge is 0.273 e. The predicted octanol–water partition coefficient (Wildman–Crippen LogP) is 1.77. The van der Waals surface area contributed by atoms with Crippen LogP contribution in [0, 0.1) is 15.9 Å². The van der Waals surface area contributed by atoms with Crippen LogP contribution in [-0.2, 0) is 0 Å². The van der Waals surface area contributed by atoms with E-state index in [1.165, 1.54) is 0 Å². The summed E-state index contributed by atoms with van der Waals surface area (Å²) in [6.07, 6.45) is 2.42. The van der Waals surface area contributed by atoms with Gasteiger partial charge in [-0.2, -0.15) is 0 Å². The minimum atomic E-state index is -0.839. The van der Waals surface area contributed by atoms with Gasteiger partial charge in [0.05, 0.1) is 23.1 Å². The number of rotatable bonds is 3. The van der Waals surface area contributed by atoms with Gasteiger partial charge >= 0.3 is 0 Å². The highest BCUT2D eigenvalue weighted by Crippen LogP contribution is 2.20. The minimum Gasteiger partial charge on any atom is -0.391 e. The molecule has 1 aliphatic carbocycles. The zero-order valence-corrected chi connectivity index (χ0v) is 10.7. The molecule has 2 N–H and O–H groups in total. The highest BCUT2D eigenvalue weighted by Gasteiger charge is 2.25. The van der Waals surface area contributed by atoms with Gasteiger partial charge in [-0.15, -0.1) is 0 Å². The van der Waals surface area contributed by atoms with E-state index in [4.69, 9.17) is 0 Å². The molecule has 0 unspecified atom stereocenters. The Hall–Kier alpha value is -2.02. The zero-order valence-electron chi connectivity index (χ0n) is 10.7. The third-order valence-corrected chi connectivity index (χ3v) is 3.40. The van der Waals surface area contributed by atoms with Crippen molar-refractivity contribution in [2.45, 2.75) is 37.8 Å². The fourth-order valence-electron chi connectivity index (χ4n) is 2.34. The molecule has 2 rings (SSSR count). The van der Waals surface area contributed by atoms with Crippen LogP contribution >= 0.6 is 0 Å². The van der Waals surface area contributed by atoms with Crippen molar-refractivity contribution in [3.63, 3.8) is 0 Å². The van der Waals surface area contributed by atoms with Gasteiger partial charge in [0.15, 0.2) is 0 Å². The summed E-state index contributed by atoms with van der Waals surface area (Å²) in [4.78, 5) is 21.9. The third kappa shape index (κ3) is 3.30. The molecule has 0 aliphatic heterocycles. The van der Waals surface area contributed by atoms with E-state index in [2.05, 4.69) is 5.32 Å². The number of halogens is 1. The van der Waals surface area contributed by atoms with Crippen molar-refractivity contribution in [2.24, 2.45) is 0 Å². The molecule has 0 heterocycles. The second kappa shape index (κ2) is 5.96. The fourth-order valence-corrected chi connectivity index (χ4v) is 2.34. The Balaban J connectivity index is 2.14. The molecule has 7 heteroatoms. The van der Waals surface area contributed by atoms with Crippen LogP contribution in [0.2, 0.25) is 0 Å². The predicted molar refractivity (Wildman–Crippen MR) is 68.8 cm³/mol. The lowest BCUT2D eigenvalue weighted by atomic mass is 9.92. The molecule has 1 aromatic rings. The van der Waals surface area contributed by atoms with Crippen LogP contribution in [-0.4, -0.2) is 28.1 Å². The number of hydrogen-bond acceptors (Lipinski definition) is 4. The summed E-state index contributed by atoms with van der Waals surface area (Å²) in [5, 5.41) is 23.0. The van der Waals surface area contributed by atoms with Crippen molar-refractivity contribution >= 4 is 11.6 Å². The van der Waals surface area contributed by atoms with Gasteiger partial charge < -0.3 is 10.4 Å². The number of carbonyl (C=O) groups excluding carboxylic acids is 1. The largest absolute Gasteiger partial charge is 0.391 e. The third-order valence-electron chi connectivity index (χ3n) is 3.40. The Morgan fingerprint density at radius 3 is 2.70 bits per heavy atom. The molecule has 108 valence electrons. The van der Waals surface area contributed by atoms with Crippen molar-refractivity contribution in [1.82, 2.24) is 5.32 Å². The molecule has 0 spiro atoms. The van der Waals surface area contributed by atoms with Crippen LogP contribution in [0.15, 0.2) is 18.2 Å². The van der Waals surface area contributed by atoms with Gasteiger partial charge in [0.25, 0.3) is 11.6 Å². The summed E-state index contributed by atoms with van der Waals surface area (Å²) in [5.74, 6) is -1.45. The molecule has 1 amide bonds.